The lowest BCUT2D eigenvalue weighted by Gasteiger charge is -2.14. The van der Waals surface area contributed by atoms with Crippen molar-refractivity contribution in [3.8, 4) is 0 Å². The number of halogens is 3. The van der Waals surface area contributed by atoms with Crippen molar-refractivity contribution >= 4 is 5.91 Å². The van der Waals surface area contributed by atoms with Crippen molar-refractivity contribution in [2.45, 2.75) is 19.1 Å². The average molecular weight is 299 g/mol. The van der Waals surface area contributed by atoms with Crippen LogP contribution in [0.4, 0.5) is 13.2 Å². The number of aryl methyl sites for hydroxylation is 1. The van der Waals surface area contributed by atoms with Crippen LogP contribution in [0.1, 0.15) is 34.7 Å². The van der Waals surface area contributed by atoms with Gasteiger partial charge in [0.25, 0.3) is 5.91 Å². The Balaban J connectivity index is 2.06. The molecule has 0 fully saturated rings. The second-order valence-electron chi connectivity index (χ2n) is 4.39. The molecule has 0 aromatic carbocycles. The van der Waals surface area contributed by atoms with Crippen molar-refractivity contribution in [2.24, 2.45) is 7.05 Å². The summed E-state index contributed by atoms with van der Waals surface area (Å²) in [6.07, 6.45) is -2.10. The highest BCUT2D eigenvalue weighted by atomic mass is 19.4. The Kier molecular flexibility index (Phi) is 3.92. The van der Waals surface area contributed by atoms with Crippen molar-refractivity contribution in [2.75, 3.05) is 0 Å². The van der Waals surface area contributed by atoms with Gasteiger partial charge in [0.05, 0.1) is 12.2 Å². The Labute approximate surface area is 118 Å². The molecule has 2 aromatic heterocycles. The molecule has 9 heteroatoms. The molecule has 0 aliphatic carbocycles. The summed E-state index contributed by atoms with van der Waals surface area (Å²) in [6, 6.07) is 1.65. The molecule has 0 spiro atoms. The number of hydrogen-bond acceptors (Lipinski definition) is 4. The van der Waals surface area contributed by atoms with Crippen molar-refractivity contribution in [1.82, 2.24) is 25.3 Å². The molecule has 0 unspecified atom stereocenters. The zero-order valence-corrected chi connectivity index (χ0v) is 11.2. The van der Waals surface area contributed by atoms with Crippen molar-refractivity contribution in [1.29, 1.82) is 0 Å². The highest BCUT2D eigenvalue weighted by molar-refractivity contribution is 5.92. The third-order valence-electron chi connectivity index (χ3n) is 2.76. The van der Waals surface area contributed by atoms with Crippen LogP contribution >= 0.6 is 0 Å². The van der Waals surface area contributed by atoms with Gasteiger partial charge < -0.3 is 5.32 Å². The molecule has 0 bridgehead atoms. The quantitative estimate of drug-likeness (QED) is 0.936. The van der Waals surface area contributed by atoms with Gasteiger partial charge >= 0.3 is 6.18 Å². The summed E-state index contributed by atoms with van der Waals surface area (Å²) >= 11 is 0. The van der Waals surface area contributed by atoms with Gasteiger partial charge in [0.1, 0.15) is 5.69 Å². The monoisotopic (exact) mass is 299 g/mol. The molecule has 0 aliphatic heterocycles. The number of aromatic nitrogens is 4. The first-order valence-electron chi connectivity index (χ1n) is 5.97. The summed E-state index contributed by atoms with van der Waals surface area (Å²) in [5.41, 5.74) is -0.386. The van der Waals surface area contributed by atoms with Gasteiger partial charge in [-0.25, -0.2) is 0 Å². The first-order valence-corrected chi connectivity index (χ1v) is 5.97. The number of rotatable bonds is 3. The SMILES string of the molecule is C[C@H](NC(=O)c1cnn(C)n1)c1ccc(C(F)(F)F)nc1. The van der Waals surface area contributed by atoms with E-state index in [0.29, 0.717) is 5.56 Å². The van der Waals surface area contributed by atoms with Crippen molar-refractivity contribution in [3.63, 3.8) is 0 Å². The maximum atomic E-state index is 12.4. The lowest BCUT2D eigenvalue weighted by molar-refractivity contribution is -0.141. The molecule has 1 atom stereocenters. The van der Waals surface area contributed by atoms with Crippen LogP contribution in [0.2, 0.25) is 0 Å². The number of carbonyl (C=O) groups is 1. The second-order valence-corrected chi connectivity index (χ2v) is 4.39. The summed E-state index contributed by atoms with van der Waals surface area (Å²) in [6.45, 7) is 1.64. The Hall–Kier alpha value is -2.45. The molecule has 1 N–H and O–H groups in total. The van der Waals surface area contributed by atoms with Crippen LogP contribution in [0.25, 0.3) is 0 Å². The number of nitrogens with zero attached hydrogens (tertiary/aromatic N) is 4. The molecular formula is C12H12F3N5O. The van der Waals surface area contributed by atoms with E-state index in [1.54, 1.807) is 14.0 Å². The molecule has 112 valence electrons. The Morgan fingerprint density at radius 1 is 1.33 bits per heavy atom. The average Bonchev–Trinajstić information content (AvgIpc) is 2.84. The van der Waals surface area contributed by atoms with E-state index in [0.717, 1.165) is 12.3 Å². The summed E-state index contributed by atoms with van der Waals surface area (Å²) in [5.74, 6) is -0.463. The van der Waals surface area contributed by atoms with Crippen LogP contribution < -0.4 is 5.32 Å². The van der Waals surface area contributed by atoms with E-state index < -0.39 is 23.8 Å². The van der Waals surface area contributed by atoms with Gasteiger partial charge in [-0.1, -0.05) is 6.07 Å². The van der Waals surface area contributed by atoms with Gasteiger partial charge in [0.2, 0.25) is 0 Å². The third-order valence-corrected chi connectivity index (χ3v) is 2.76. The fourth-order valence-electron chi connectivity index (χ4n) is 1.63. The van der Waals surface area contributed by atoms with Gasteiger partial charge in [-0.2, -0.15) is 23.1 Å². The van der Waals surface area contributed by atoms with Gasteiger partial charge in [0.15, 0.2) is 5.69 Å². The smallest absolute Gasteiger partial charge is 0.344 e. The van der Waals surface area contributed by atoms with Crippen LogP contribution in [-0.2, 0) is 13.2 Å². The second kappa shape index (κ2) is 5.51. The Morgan fingerprint density at radius 2 is 2.05 bits per heavy atom. The van der Waals surface area contributed by atoms with Gasteiger partial charge in [0, 0.05) is 13.2 Å². The van der Waals surface area contributed by atoms with Crippen LogP contribution in [0, 0.1) is 0 Å². The standard InChI is InChI=1S/C12H12F3N5O/c1-7(18-11(21)9-6-17-20(2)19-9)8-3-4-10(16-5-8)12(13,14)15/h3-7H,1-2H3,(H,18,21)/t7-/m0/s1. The number of amides is 1. The van der Waals surface area contributed by atoms with E-state index in [4.69, 9.17) is 0 Å². The molecule has 0 saturated carbocycles. The zero-order chi connectivity index (χ0) is 15.6. The Morgan fingerprint density at radius 3 is 2.52 bits per heavy atom. The minimum atomic E-state index is -4.48. The summed E-state index contributed by atoms with van der Waals surface area (Å²) < 4.78 is 37.2. The van der Waals surface area contributed by atoms with Crippen molar-refractivity contribution in [3.05, 3.63) is 41.5 Å². The maximum absolute atomic E-state index is 12.4. The van der Waals surface area contributed by atoms with Gasteiger partial charge in [-0.05, 0) is 18.6 Å². The molecular weight excluding hydrogens is 287 g/mol. The molecule has 0 aliphatic rings. The highest BCUT2D eigenvalue weighted by Gasteiger charge is 2.32. The summed E-state index contributed by atoms with van der Waals surface area (Å²) in [5, 5.41) is 10.2. The normalized spacial score (nSPS) is 13.0. The van der Waals surface area contributed by atoms with Crippen molar-refractivity contribution < 1.29 is 18.0 Å². The molecule has 0 saturated heterocycles. The van der Waals surface area contributed by atoms with E-state index in [-0.39, 0.29) is 5.69 Å². The van der Waals surface area contributed by atoms with E-state index in [2.05, 4.69) is 20.5 Å². The first kappa shape index (κ1) is 14.9. The third kappa shape index (κ3) is 3.56. The van der Waals surface area contributed by atoms with Gasteiger partial charge in [-0.3, -0.25) is 9.78 Å². The molecule has 1 amide bonds. The van der Waals surface area contributed by atoms with E-state index in [1.807, 2.05) is 0 Å². The predicted octanol–water partition coefficient (Wildman–Crippen LogP) is 1.72. The van der Waals surface area contributed by atoms with E-state index >= 15 is 0 Å². The fourth-order valence-corrected chi connectivity index (χ4v) is 1.63. The number of pyridine rings is 1. The number of hydrogen-bond donors (Lipinski definition) is 1. The minimum absolute atomic E-state index is 0.129. The molecule has 21 heavy (non-hydrogen) atoms. The fraction of sp³-hybridized carbons (Fsp3) is 0.333. The molecule has 2 heterocycles. The number of alkyl halides is 3. The molecule has 2 rings (SSSR count). The minimum Gasteiger partial charge on any atom is -0.344 e. The lowest BCUT2D eigenvalue weighted by atomic mass is 10.1. The molecule has 0 radical (unpaired) electrons. The number of nitrogens with one attached hydrogen (secondary N) is 1. The summed E-state index contributed by atoms with van der Waals surface area (Å²) in [4.78, 5) is 16.4. The van der Waals surface area contributed by atoms with Crippen LogP contribution in [-0.4, -0.2) is 25.9 Å². The highest BCUT2D eigenvalue weighted by Crippen LogP contribution is 2.27. The largest absolute Gasteiger partial charge is 0.433 e. The van der Waals surface area contributed by atoms with Gasteiger partial charge in [-0.15, -0.1) is 5.10 Å². The molecule has 2 aromatic rings. The Bertz CT molecular complexity index is 635. The van der Waals surface area contributed by atoms with Crippen LogP contribution in [0.5, 0.6) is 0 Å². The predicted molar refractivity (Wildman–Crippen MR) is 66.1 cm³/mol. The zero-order valence-electron chi connectivity index (χ0n) is 11.2. The maximum Gasteiger partial charge on any atom is 0.433 e. The first-order chi connectivity index (χ1) is 9.77. The molecule has 6 nitrogen and oxygen atoms in total. The van der Waals surface area contributed by atoms with Crippen LogP contribution in [0.15, 0.2) is 24.5 Å². The lowest BCUT2D eigenvalue weighted by Crippen LogP contribution is -2.27. The topological polar surface area (TPSA) is 72.7 Å². The van der Waals surface area contributed by atoms with E-state index in [9.17, 15) is 18.0 Å². The summed E-state index contributed by atoms with van der Waals surface area (Å²) in [7, 11) is 1.57. The van der Waals surface area contributed by atoms with E-state index in [1.165, 1.54) is 17.1 Å². The number of carbonyl (C=O) groups excluding carboxylic acids is 1. The van der Waals surface area contributed by atoms with Crippen LogP contribution in [0.3, 0.4) is 0 Å².